The third kappa shape index (κ3) is 34.6. The van der Waals surface area contributed by atoms with Gasteiger partial charge in [-0.1, -0.05) is 211 Å². The molecule has 0 spiro atoms. The molecule has 1 heterocycles. The molecule has 0 aromatic heterocycles. The highest BCUT2D eigenvalue weighted by atomic mass is 16.7. The van der Waals surface area contributed by atoms with Crippen LogP contribution in [0.1, 0.15) is 251 Å². The maximum atomic E-state index is 13.2. The van der Waals surface area contributed by atoms with Crippen molar-refractivity contribution in [3.8, 4) is 0 Å². The van der Waals surface area contributed by atoms with E-state index in [2.05, 4.69) is 55.6 Å². The van der Waals surface area contributed by atoms with Crippen LogP contribution in [0.4, 0.5) is 0 Å². The third-order valence-corrected chi connectivity index (χ3v) is 13.6. The van der Waals surface area contributed by atoms with Gasteiger partial charge in [-0.2, -0.15) is 0 Å². The molecule has 0 bridgehead atoms. The molecule has 0 saturated carbocycles. The van der Waals surface area contributed by atoms with E-state index in [-0.39, 0.29) is 12.8 Å². The van der Waals surface area contributed by atoms with E-state index in [1.54, 1.807) is 0 Å². The summed E-state index contributed by atoms with van der Waals surface area (Å²) in [6.45, 7) is 3.43. The Kier molecular flexibility index (Phi) is 43.9. The highest BCUT2D eigenvalue weighted by Crippen LogP contribution is 2.23. The molecular formula is C57H107NO10. The third-order valence-electron chi connectivity index (χ3n) is 13.6. The Morgan fingerprint density at radius 1 is 0.500 bits per heavy atom. The summed E-state index contributed by atoms with van der Waals surface area (Å²) in [6, 6.07) is -1.19. The van der Waals surface area contributed by atoms with Gasteiger partial charge in [-0.25, -0.2) is 0 Å². The molecular weight excluding hydrogens is 859 g/mol. The van der Waals surface area contributed by atoms with Crippen LogP contribution in [0.3, 0.4) is 0 Å². The molecule has 9 unspecified atom stereocenters. The van der Waals surface area contributed by atoms with E-state index in [0.29, 0.717) is 19.3 Å². The van der Waals surface area contributed by atoms with Gasteiger partial charge in [0.15, 0.2) is 6.29 Å². The number of nitrogens with one attached hydrogen (secondary N) is 1. The van der Waals surface area contributed by atoms with E-state index < -0.39 is 74.2 Å². The standard InChI is InChI=1S/C57H107NO10/c1-3-5-7-9-11-13-15-17-19-20-21-22-23-24-25-26-27-28-29-30-31-33-35-37-39-41-43-45-50(61)56(66)58-48(47-67-57-55(65)54(64)53(63)51(46-59)68-57)52(62)49(60)44-42-40-38-36-34-32-18-16-14-12-10-8-6-4-2/h16,18,24-25,36,38,48-55,57,59-65H,3-15,17,19-23,26-35,37,39-47H2,1-2H3,(H,58,66)/b18-16+,25-24-,38-36+. The van der Waals surface area contributed by atoms with Crippen LogP contribution in [0.25, 0.3) is 0 Å². The zero-order chi connectivity index (χ0) is 49.7. The van der Waals surface area contributed by atoms with Crippen molar-refractivity contribution in [2.75, 3.05) is 13.2 Å². The second-order valence-electron chi connectivity index (χ2n) is 20.0. The lowest BCUT2D eigenvalue weighted by atomic mass is 9.98. The van der Waals surface area contributed by atoms with Crippen LogP contribution in [-0.2, 0) is 14.3 Å². The van der Waals surface area contributed by atoms with Crippen molar-refractivity contribution < 1.29 is 50.0 Å². The summed E-state index contributed by atoms with van der Waals surface area (Å²) >= 11 is 0. The minimum Gasteiger partial charge on any atom is -0.394 e. The van der Waals surface area contributed by atoms with Gasteiger partial charge in [0.1, 0.15) is 36.6 Å². The Bertz CT molecular complexity index is 1200. The number of amides is 1. The first-order valence-electron chi connectivity index (χ1n) is 28.4. The average Bonchev–Trinajstić information content (AvgIpc) is 3.34. The number of carbonyl (C=O) groups is 1. The number of unbranched alkanes of at least 4 members (excludes halogenated alkanes) is 30. The molecule has 1 fully saturated rings. The van der Waals surface area contributed by atoms with Crippen LogP contribution in [0, 0.1) is 0 Å². The number of aliphatic hydroxyl groups excluding tert-OH is 7. The Morgan fingerprint density at radius 3 is 1.31 bits per heavy atom. The van der Waals surface area contributed by atoms with Crippen LogP contribution in [-0.4, -0.2) is 110 Å². The van der Waals surface area contributed by atoms with Gasteiger partial charge in [0.05, 0.1) is 25.4 Å². The first-order valence-corrected chi connectivity index (χ1v) is 28.4. The zero-order valence-corrected chi connectivity index (χ0v) is 43.6. The van der Waals surface area contributed by atoms with Gasteiger partial charge in [-0.15, -0.1) is 0 Å². The smallest absolute Gasteiger partial charge is 0.249 e. The van der Waals surface area contributed by atoms with E-state index in [1.165, 1.54) is 167 Å². The molecule has 1 rings (SSSR count). The van der Waals surface area contributed by atoms with Gasteiger partial charge in [0.2, 0.25) is 5.91 Å². The molecule has 1 aliphatic rings. The van der Waals surface area contributed by atoms with Crippen LogP contribution in [0.15, 0.2) is 36.5 Å². The summed E-state index contributed by atoms with van der Waals surface area (Å²) in [6.07, 6.45) is 45.0. The molecule has 9 atom stereocenters. The largest absolute Gasteiger partial charge is 0.394 e. The Labute approximate surface area is 416 Å². The van der Waals surface area contributed by atoms with Gasteiger partial charge in [0.25, 0.3) is 0 Å². The predicted octanol–water partition coefficient (Wildman–Crippen LogP) is 11.5. The highest BCUT2D eigenvalue weighted by Gasteiger charge is 2.44. The SMILES string of the molecule is CCCCCCC/C=C/CC/C=C/CCCC(O)C(O)C(COC1OC(CO)C(O)C(O)C1O)NC(=O)C(O)CCCCCCCCCCCCC/C=C\CCCCCCCCCCCCCC. The van der Waals surface area contributed by atoms with Crippen molar-refractivity contribution in [3.63, 3.8) is 0 Å². The first-order chi connectivity index (χ1) is 33.2. The lowest BCUT2D eigenvalue weighted by Gasteiger charge is -2.40. The van der Waals surface area contributed by atoms with Gasteiger partial charge in [-0.05, 0) is 77.0 Å². The Balaban J connectivity index is 2.29. The maximum absolute atomic E-state index is 13.2. The van der Waals surface area contributed by atoms with Gasteiger partial charge in [-0.3, -0.25) is 4.79 Å². The minimum atomic E-state index is -1.67. The molecule has 1 aliphatic heterocycles. The van der Waals surface area contributed by atoms with Crippen LogP contribution in [0.5, 0.6) is 0 Å². The summed E-state index contributed by atoms with van der Waals surface area (Å²) in [7, 11) is 0. The van der Waals surface area contributed by atoms with E-state index >= 15 is 0 Å². The number of rotatable bonds is 48. The molecule has 0 aromatic rings. The van der Waals surface area contributed by atoms with Gasteiger partial charge in [0, 0.05) is 0 Å². The Hall–Kier alpha value is -1.67. The number of hydrogen-bond acceptors (Lipinski definition) is 10. The molecule has 0 aliphatic carbocycles. The normalized spacial score (nSPS) is 20.8. The fourth-order valence-corrected chi connectivity index (χ4v) is 8.98. The first kappa shape index (κ1) is 64.3. The molecule has 68 heavy (non-hydrogen) atoms. The fraction of sp³-hybridized carbons (Fsp3) is 0.877. The molecule has 0 radical (unpaired) electrons. The molecule has 1 amide bonds. The topological polar surface area (TPSA) is 189 Å². The number of allylic oxidation sites excluding steroid dienone is 6. The van der Waals surface area contributed by atoms with Gasteiger partial charge < -0.3 is 50.5 Å². The second kappa shape index (κ2) is 46.4. The van der Waals surface area contributed by atoms with Crippen LogP contribution < -0.4 is 5.32 Å². The van der Waals surface area contributed by atoms with Crippen molar-refractivity contribution in [2.45, 2.75) is 306 Å². The molecule has 400 valence electrons. The van der Waals surface area contributed by atoms with Crippen molar-refractivity contribution in [1.29, 1.82) is 0 Å². The molecule has 11 nitrogen and oxygen atoms in total. The van der Waals surface area contributed by atoms with E-state index in [4.69, 9.17) is 9.47 Å². The average molecular weight is 966 g/mol. The summed E-state index contributed by atoms with van der Waals surface area (Å²) in [4.78, 5) is 13.2. The quantitative estimate of drug-likeness (QED) is 0.0215. The van der Waals surface area contributed by atoms with E-state index in [0.717, 1.165) is 38.5 Å². The zero-order valence-electron chi connectivity index (χ0n) is 43.6. The summed E-state index contributed by atoms with van der Waals surface area (Å²) in [5.41, 5.74) is 0. The molecule has 1 saturated heterocycles. The van der Waals surface area contributed by atoms with Gasteiger partial charge >= 0.3 is 0 Å². The molecule has 0 aromatic carbocycles. The summed E-state index contributed by atoms with van der Waals surface area (Å²) in [5, 5.41) is 75.9. The molecule has 11 heteroatoms. The van der Waals surface area contributed by atoms with Crippen molar-refractivity contribution in [2.24, 2.45) is 0 Å². The monoisotopic (exact) mass is 966 g/mol. The van der Waals surface area contributed by atoms with Crippen molar-refractivity contribution >= 4 is 5.91 Å². The molecule has 8 N–H and O–H groups in total. The lowest BCUT2D eigenvalue weighted by Crippen LogP contribution is -2.60. The lowest BCUT2D eigenvalue weighted by molar-refractivity contribution is -0.303. The number of carbonyl (C=O) groups excluding carboxylic acids is 1. The fourth-order valence-electron chi connectivity index (χ4n) is 8.98. The minimum absolute atomic E-state index is 0.246. The summed E-state index contributed by atoms with van der Waals surface area (Å²) < 4.78 is 11.1. The van der Waals surface area contributed by atoms with Crippen LogP contribution in [0.2, 0.25) is 0 Å². The van der Waals surface area contributed by atoms with Crippen molar-refractivity contribution in [1.82, 2.24) is 5.32 Å². The Morgan fingerprint density at radius 2 is 0.882 bits per heavy atom. The predicted molar refractivity (Wildman–Crippen MR) is 279 cm³/mol. The number of hydrogen-bond donors (Lipinski definition) is 8. The summed E-state index contributed by atoms with van der Waals surface area (Å²) in [5.74, 6) is -0.710. The number of ether oxygens (including phenoxy) is 2. The number of aliphatic hydroxyl groups is 7. The highest BCUT2D eigenvalue weighted by molar-refractivity contribution is 5.80. The second-order valence-corrected chi connectivity index (χ2v) is 20.0. The maximum Gasteiger partial charge on any atom is 0.249 e. The van der Waals surface area contributed by atoms with E-state index in [9.17, 15) is 40.5 Å². The van der Waals surface area contributed by atoms with Crippen LogP contribution >= 0.6 is 0 Å². The van der Waals surface area contributed by atoms with E-state index in [1.807, 2.05) is 0 Å². The van der Waals surface area contributed by atoms with Crippen molar-refractivity contribution in [3.05, 3.63) is 36.5 Å².